The first-order chi connectivity index (χ1) is 9.54. The fraction of sp³-hybridized carbons (Fsp3) is 0.615. The average Bonchev–Trinajstić information content (AvgIpc) is 3.00. The van der Waals surface area contributed by atoms with Crippen LogP contribution in [0.2, 0.25) is 0 Å². The summed E-state index contributed by atoms with van der Waals surface area (Å²) in [4.78, 5) is 29.2. The van der Waals surface area contributed by atoms with E-state index in [9.17, 15) is 9.59 Å². The Kier molecular flexibility index (Phi) is 5.08. The molecule has 7 heteroatoms. The van der Waals surface area contributed by atoms with Gasteiger partial charge in [0, 0.05) is 25.5 Å². The fourth-order valence-electron chi connectivity index (χ4n) is 2.08. The minimum atomic E-state index is -0.229. The van der Waals surface area contributed by atoms with Crippen LogP contribution in [-0.2, 0) is 14.3 Å². The summed E-state index contributed by atoms with van der Waals surface area (Å²) in [6.07, 6.45) is 2.01. The molecule has 0 aliphatic carbocycles. The van der Waals surface area contributed by atoms with E-state index in [0.29, 0.717) is 11.7 Å². The summed E-state index contributed by atoms with van der Waals surface area (Å²) in [5.41, 5.74) is 0.869. The Balaban J connectivity index is 1.86. The second kappa shape index (κ2) is 6.81. The van der Waals surface area contributed by atoms with Gasteiger partial charge in [-0.25, -0.2) is 4.98 Å². The molecule has 0 bridgehead atoms. The summed E-state index contributed by atoms with van der Waals surface area (Å²) < 4.78 is 5.50. The highest BCUT2D eigenvalue weighted by molar-refractivity contribution is 7.13. The Morgan fingerprint density at radius 3 is 2.95 bits per heavy atom. The zero-order chi connectivity index (χ0) is 14.5. The van der Waals surface area contributed by atoms with Crippen molar-refractivity contribution in [3.05, 3.63) is 11.1 Å². The van der Waals surface area contributed by atoms with Gasteiger partial charge in [0.1, 0.15) is 6.54 Å². The fourth-order valence-corrected chi connectivity index (χ4v) is 2.79. The van der Waals surface area contributed by atoms with Crippen LogP contribution in [0.3, 0.4) is 0 Å². The maximum atomic E-state index is 11.9. The van der Waals surface area contributed by atoms with Crippen LogP contribution in [-0.4, -0.2) is 47.5 Å². The zero-order valence-corrected chi connectivity index (χ0v) is 12.5. The van der Waals surface area contributed by atoms with Gasteiger partial charge in [0.2, 0.25) is 11.8 Å². The summed E-state index contributed by atoms with van der Waals surface area (Å²) in [5, 5.41) is 5.14. The van der Waals surface area contributed by atoms with Gasteiger partial charge in [-0.05, 0) is 19.8 Å². The van der Waals surface area contributed by atoms with Gasteiger partial charge in [0.15, 0.2) is 5.13 Å². The molecular weight excluding hydrogens is 278 g/mol. The van der Waals surface area contributed by atoms with Gasteiger partial charge in [-0.15, -0.1) is 11.3 Å². The van der Waals surface area contributed by atoms with Crippen molar-refractivity contribution < 1.29 is 14.3 Å². The van der Waals surface area contributed by atoms with Gasteiger partial charge in [-0.3, -0.25) is 9.59 Å². The van der Waals surface area contributed by atoms with Crippen molar-refractivity contribution in [1.82, 2.24) is 9.88 Å². The molecule has 2 amide bonds. The van der Waals surface area contributed by atoms with Crippen molar-refractivity contribution in [2.45, 2.75) is 32.8 Å². The van der Waals surface area contributed by atoms with E-state index in [2.05, 4.69) is 10.3 Å². The second-order valence-corrected chi connectivity index (χ2v) is 5.73. The molecule has 1 fully saturated rings. The third kappa shape index (κ3) is 4.28. The number of nitrogens with one attached hydrogen (secondary N) is 1. The third-order valence-electron chi connectivity index (χ3n) is 3.09. The smallest absolute Gasteiger partial charge is 0.245 e. The minimum Gasteiger partial charge on any atom is -0.376 e. The van der Waals surface area contributed by atoms with E-state index in [4.69, 9.17) is 4.74 Å². The van der Waals surface area contributed by atoms with Gasteiger partial charge >= 0.3 is 0 Å². The molecule has 0 saturated carbocycles. The molecule has 110 valence electrons. The number of anilines is 1. The Morgan fingerprint density at radius 1 is 1.60 bits per heavy atom. The monoisotopic (exact) mass is 297 g/mol. The van der Waals surface area contributed by atoms with Gasteiger partial charge in [0.25, 0.3) is 0 Å². The van der Waals surface area contributed by atoms with E-state index < -0.39 is 0 Å². The number of thiazole rings is 1. The van der Waals surface area contributed by atoms with Crippen molar-refractivity contribution in [1.29, 1.82) is 0 Å². The lowest BCUT2D eigenvalue weighted by Crippen LogP contribution is -2.41. The van der Waals surface area contributed by atoms with Crippen LogP contribution in [0, 0.1) is 6.92 Å². The van der Waals surface area contributed by atoms with Gasteiger partial charge < -0.3 is 15.0 Å². The summed E-state index contributed by atoms with van der Waals surface area (Å²) in [6.45, 7) is 4.58. The largest absolute Gasteiger partial charge is 0.376 e. The maximum Gasteiger partial charge on any atom is 0.245 e. The van der Waals surface area contributed by atoms with Crippen molar-refractivity contribution in [2.24, 2.45) is 0 Å². The molecule has 1 unspecified atom stereocenters. The van der Waals surface area contributed by atoms with Gasteiger partial charge in [-0.1, -0.05) is 0 Å². The van der Waals surface area contributed by atoms with Crippen molar-refractivity contribution in [2.75, 3.05) is 25.0 Å². The number of amides is 2. The molecule has 1 aromatic rings. The predicted molar refractivity (Wildman–Crippen MR) is 76.7 cm³/mol. The Labute approximate surface area is 122 Å². The van der Waals surface area contributed by atoms with E-state index in [1.165, 1.54) is 23.2 Å². The summed E-state index contributed by atoms with van der Waals surface area (Å²) in [7, 11) is 0. The Bertz CT molecular complexity index is 483. The molecule has 1 N–H and O–H groups in total. The number of hydrogen-bond acceptors (Lipinski definition) is 5. The second-order valence-electron chi connectivity index (χ2n) is 4.88. The molecule has 2 rings (SSSR count). The molecule has 0 aromatic carbocycles. The molecule has 20 heavy (non-hydrogen) atoms. The highest BCUT2D eigenvalue weighted by Crippen LogP contribution is 2.15. The normalized spacial score (nSPS) is 18.0. The van der Waals surface area contributed by atoms with Gasteiger partial charge in [-0.2, -0.15) is 0 Å². The van der Waals surface area contributed by atoms with E-state index in [-0.39, 0.29) is 24.5 Å². The third-order valence-corrected chi connectivity index (χ3v) is 3.97. The molecule has 2 heterocycles. The van der Waals surface area contributed by atoms with E-state index in [0.717, 1.165) is 25.1 Å². The number of rotatable bonds is 5. The number of nitrogens with zero attached hydrogens (tertiary/aromatic N) is 2. The van der Waals surface area contributed by atoms with Crippen molar-refractivity contribution in [3.8, 4) is 0 Å². The van der Waals surface area contributed by atoms with Crippen LogP contribution in [0.4, 0.5) is 5.13 Å². The van der Waals surface area contributed by atoms with E-state index in [1.807, 2.05) is 12.3 Å². The van der Waals surface area contributed by atoms with E-state index in [1.54, 1.807) is 0 Å². The number of carbonyl (C=O) groups excluding carboxylic acids is 2. The first-order valence-electron chi connectivity index (χ1n) is 6.63. The lowest BCUT2D eigenvalue weighted by Gasteiger charge is -2.23. The van der Waals surface area contributed by atoms with Crippen molar-refractivity contribution >= 4 is 28.3 Å². The molecule has 0 spiro atoms. The highest BCUT2D eigenvalue weighted by Gasteiger charge is 2.22. The molecule has 1 aliphatic heterocycles. The average molecular weight is 297 g/mol. The first-order valence-corrected chi connectivity index (χ1v) is 7.51. The van der Waals surface area contributed by atoms with E-state index >= 15 is 0 Å². The lowest BCUT2D eigenvalue weighted by molar-refractivity contribution is -0.134. The number of aryl methyl sites for hydroxylation is 1. The van der Waals surface area contributed by atoms with Crippen LogP contribution < -0.4 is 5.32 Å². The van der Waals surface area contributed by atoms with Crippen LogP contribution >= 0.6 is 11.3 Å². The predicted octanol–water partition coefficient (Wildman–Crippen LogP) is 1.42. The standard InChI is InChI=1S/C13H19N3O3S/c1-9-8-20-13(14-9)15-12(18)7-16(10(2)17)6-11-4-3-5-19-11/h8,11H,3-7H2,1-2H3,(H,14,15,18). The molecule has 1 atom stereocenters. The molecule has 1 aromatic heterocycles. The molecular formula is C13H19N3O3S. The summed E-state index contributed by atoms with van der Waals surface area (Å²) in [5.74, 6) is -0.349. The van der Waals surface area contributed by atoms with Gasteiger partial charge in [0.05, 0.1) is 11.8 Å². The molecule has 1 aliphatic rings. The Hall–Kier alpha value is -1.47. The number of carbonyl (C=O) groups is 2. The molecule has 0 radical (unpaired) electrons. The van der Waals surface area contributed by atoms with Crippen LogP contribution in [0.15, 0.2) is 5.38 Å². The lowest BCUT2D eigenvalue weighted by atomic mass is 10.2. The SMILES string of the molecule is CC(=O)N(CC(=O)Nc1nc(C)cs1)CC1CCCO1. The molecule has 6 nitrogen and oxygen atoms in total. The quantitative estimate of drug-likeness (QED) is 0.892. The van der Waals surface area contributed by atoms with Crippen LogP contribution in [0.5, 0.6) is 0 Å². The Morgan fingerprint density at radius 2 is 2.40 bits per heavy atom. The zero-order valence-electron chi connectivity index (χ0n) is 11.7. The number of hydrogen-bond donors (Lipinski definition) is 1. The number of ether oxygens (including phenoxy) is 1. The van der Waals surface area contributed by atoms with Crippen molar-refractivity contribution in [3.63, 3.8) is 0 Å². The number of aromatic nitrogens is 1. The minimum absolute atomic E-state index is 0.0355. The highest BCUT2D eigenvalue weighted by atomic mass is 32.1. The molecule has 1 saturated heterocycles. The van der Waals surface area contributed by atoms with Crippen LogP contribution in [0.1, 0.15) is 25.5 Å². The topological polar surface area (TPSA) is 71.5 Å². The maximum absolute atomic E-state index is 11.9. The van der Waals surface area contributed by atoms with Crippen LogP contribution in [0.25, 0.3) is 0 Å². The first kappa shape index (κ1) is 14.9. The summed E-state index contributed by atoms with van der Waals surface area (Å²) in [6, 6.07) is 0. The summed E-state index contributed by atoms with van der Waals surface area (Å²) >= 11 is 1.38.